The molecule has 0 aromatic heterocycles. The number of hydrogen-bond acceptors (Lipinski definition) is 2. The molecule has 0 fully saturated rings. The van der Waals surface area contributed by atoms with Gasteiger partial charge in [-0.15, -0.1) is 11.8 Å². The molecule has 1 heterocycles. The number of anilines is 1. The van der Waals surface area contributed by atoms with Crippen LogP contribution in [0.25, 0.3) is 0 Å². The van der Waals surface area contributed by atoms with Gasteiger partial charge in [-0.1, -0.05) is 13.0 Å². The van der Waals surface area contributed by atoms with Gasteiger partial charge in [0.25, 0.3) is 0 Å². The number of benzene rings is 1. The SMILES string of the molecule is CC1CNc2cccc(C(F)(F)F)c2S1. The summed E-state index contributed by atoms with van der Waals surface area (Å²) in [6.07, 6.45) is -4.27. The van der Waals surface area contributed by atoms with Crippen LogP contribution in [-0.4, -0.2) is 11.8 Å². The van der Waals surface area contributed by atoms with Crippen molar-refractivity contribution in [2.75, 3.05) is 11.9 Å². The zero-order valence-electron chi connectivity index (χ0n) is 8.06. The van der Waals surface area contributed by atoms with Crippen LogP contribution >= 0.6 is 11.8 Å². The summed E-state index contributed by atoms with van der Waals surface area (Å²) in [6.45, 7) is 2.62. The minimum atomic E-state index is -4.27. The number of fused-ring (bicyclic) bond motifs is 1. The highest BCUT2D eigenvalue weighted by Gasteiger charge is 2.35. The average Bonchev–Trinajstić information content (AvgIpc) is 2.15. The number of hydrogen-bond donors (Lipinski definition) is 1. The first-order valence-electron chi connectivity index (χ1n) is 4.59. The van der Waals surface area contributed by atoms with E-state index in [-0.39, 0.29) is 5.25 Å². The van der Waals surface area contributed by atoms with Crippen molar-refractivity contribution in [1.29, 1.82) is 0 Å². The highest BCUT2D eigenvalue weighted by Crippen LogP contribution is 2.43. The van der Waals surface area contributed by atoms with E-state index in [1.54, 1.807) is 6.07 Å². The van der Waals surface area contributed by atoms with Gasteiger partial charge in [0.1, 0.15) is 0 Å². The lowest BCUT2D eigenvalue weighted by Gasteiger charge is -2.25. The summed E-state index contributed by atoms with van der Waals surface area (Å²) in [5, 5.41) is 3.17. The first-order chi connectivity index (χ1) is 6.98. The van der Waals surface area contributed by atoms with Gasteiger partial charge in [0, 0.05) is 22.4 Å². The maximum Gasteiger partial charge on any atom is 0.417 e. The van der Waals surface area contributed by atoms with E-state index in [4.69, 9.17) is 0 Å². The second kappa shape index (κ2) is 3.63. The van der Waals surface area contributed by atoms with E-state index in [0.717, 1.165) is 6.07 Å². The minimum absolute atomic E-state index is 0.168. The molecular weight excluding hydrogens is 223 g/mol. The highest BCUT2D eigenvalue weighted by atomic mass is 32.2. The fourth-order valence-electron chi connectivity index (χ4n) is 1.52. The van der Waals surface area contributed by atoms with Crippen LogP contribution in [0.5, 0.6) is 0 Å². The van der Waals surface area contributed by atoms with Crippen LogP contribution in [0.1, 0.15) is 12.5 Å². The van der Waals surface area contributed by atoms with Crippen LogP contribution in [0, 0.1) is 0 Å². The Morgan fingerprint density at radius 3 is 2.80 bits per heavy atom. The molecule has 1 atom stereocenters. The quantitative estimate of drug-likeness (QED) is 0.734. The molecule has 5 heteroatoms. The summed E-state index contributed by atoms with van der Waals surface area (Å²) < 4.78 is 38.0. The van der Waals surface area contributed by atoms with Crippen LogP contribution < -0.4 is 5.32 Å². The Hall–Kier alpha value is -0.840. The third-order valence-electron chi connectivity index (χ3n) is 2.22. The van der Waals surface area contributed by atoms with E-state index in [0.29, 0.717) is 17.1 Å². The lowest BCUT2D eigenvalue weighted by atomic mass is 10.2. The molecule has 1 aromatic rings. The highest BCUT2D eigenvalue weighted by molar-refractivity contribution is 8.00. The Bertz CT molecular complexity index is 375. The molecule has 0 saturated carbocycles. The fourth-order valence-corrected chi connectivity index (χ4v) is 2.67. The molecule has 82 valence electrons. The van der Waals surface area contributed by atoms with Gasteiger partial charge >= 0.3 is 6.18 Å². The molecule has 1 aliphatic rings. The Kier molecular flexibility index (Phi) is 2.58. The summed E-state index contributed by atoms with van der Waals surface area (Å²) in [5.41, 5.74) is 0.0528. The lowest BCUT2D eigenvalue weighted by Crippen LogP contribution is -2.20. The number of thioether (sulfide) groups is 1. The number of alkyl halides is 3. The molecule has 0 spiro atoms. The third-order valence-corrected chi connectivity index (χ3v) is 3.46. The van der Waals surface area contributed by atoms with E-state index < -0.39 is 11.7 Å². The normalized spacial score (nSPS) is 20.7. The van der Waals surface area contributed by atoms with E-state index >= 15 is 0 Å². The molecule has 15 heavy (non-hydrogen) atoms. The topological polar surface area (TPSA) is 12.0 Å². The number of nitrogens with one attached hydrogen (secondary N) is 1. The summed E-state index contributed by atoms with van der Waals surface area (Å²) in [5.74, 6) is 0. The Morgan fingerprint density at radius 2 is 2.13 bits per heavy atom. The molecule has 0 saturated heterocycles. The van der Waals surface area contributed by atoms with Gasteiger partial charge < -0.3 is 5.32 Å². The summed E-state index contributed by atoms with van der Waals surface area (Å²) in [7, 11) is 0. The van der Waals surface area contributed by atoms with Gasteiger partial charge in [0.05, 0.1) is 5.56 Å². The molecular formula is C10H10F3NS. The summed E-state index contributed by atoms with van der Waals surface area (Å²) in [4.78, 5) is 0.323. The van der Waals surface area contributed by atoms with Crippen molar-refractivity contribution in [2.24, 2.45) is 0 Å². The van der Waals surface area contributed by atoms with Crippen LogP contribution in [0.3, 0.4) is 0 Å². The minimum Gasteiger partial charge on any atom is -0.383 e. The van der Waals surface area contributed by atoms with E-state index in [9.17, 15) is 13.2 Å². The Balaban J connectivity index is 2.49. The van der Waals surface area contributed by atoms with Crippen molar-refractivity contribution in [1.82, 2.24) is 0 Å². The van der Waals surface area contributed by atoms with E-state index in [1.807, 2.05) is 6.92 Å². The predicted octanol–water partition coefficient (Wildman–Crippen LogP) is 3.61. The van der Waals surface area contributed by atoms with Gasteiger partial charge in [-0.05, 0) is 12.1 Å². The maximum absolute atomic E-state index is 12.7. The Morgan fingerprint density at radius 1 is 1.40 bits per heavy atom. The van der Waals surface area contributed by atoms with Crippen molar-refractivity contribution in [3.8, 4) is 0 Å². The van der Waals surface area contributed by atoms with E-state index in [2.05, 4.69) is 5.32 Å². The number of rotatable bonds is 0. The van der Waals surface area contributed by atoms with Crippen molar-refractivity contribution in [2.45, 2.75) is 23.2 Å². The first kappa shape index (κ1) is 10.7. The summed E-state index contributed by atoms with van der Waals surface area (Å²) in [6, 6.07) is 4.25. The monoisotopic (exact) mass is 233 g/mol. The van der Waals surface area contributed by atoms with Gasteiger partial charge in [-0.25, -0.2) is 0 Å². The van der Waals surface area contributed by atoms with Gasteiger partial charge in [-0.3, -0.25) is 0 Å². The van der Waals surface area contributed by atoms with Crippen molar-refractivity contribution < 1.29 is 13.2 Å². The molecule has 1 nitrogen and oxygen atoms in total. The van der Waals surface area contributed by atoms with Crippen molar-refractivity contribution in [3.63, 3.8) is 0 Å². The summed E-state index contributed by atoms with van der Waals surface area (Å²) >= 11 is 1.28. The fraction of sp³-hybridized carbons (Fsp3) is 0.400. The molecule has 1 N–H and O–H groups in total. The van der Waals surface area contributed by atoms with Crippen LogP contribution in [-0.2, 0) is 6.18 Å². The van der Waals surface area contributed by atoms with Gasteiger partial charge in [0.15, 0.2) is 0 Å². The predicted molar refractivity (Wildman–Crippen MR) is 55.3 cm³/mol. The third kappa shape index (κ3) is 2.07. The zero-order chi connectivity index (χ0) is 11.1. The zero-order valence-corrected chi connectivity index (χ0v) is 8.88. The first-order valence-corrected chi connectivity index (χ1v) is 5.47. The van der Waals surface area contributed by atoms with E-state index in [1.165, 1.54) is 17.8 Å². The van der Waals surface area contributed by atoms with Crippen LogP contribution in [0.4, 0.5) is 18.9 Å². The molecule has 0 amide bonds. The van der Waals surface area contributed by atoms with Crippen LogP contribution in [0.15, 0.2) is 23.1 Å². The molecule has 0 aliphatic carbocycles. The molecule has 2 rings (SSSR count). The van der Waals surface area contributed by atoms with Gasteiger partial charge in [0.2, 0.25) is 0 Å². The molecule has 1 unspecified atom stereocenters. The second-order valence-electron chi connectivity index (χ2n) is 3.49. The largest absolute Gasteiger partial charge is 0.417 e. The molecule has 0 bridgehead atoms. The maximum atomic E-state index is 12.7. The Labute approximate surface area is 90.1 Å². The number of halogens is 3. The molecule has 1 aliphatic heterocycles. The second-order valence-corrected chi connectivity index (χ2v) is 4.94. The average molecular weight is 233 g/mol. The lowest BCUT2D eigenvalue weighted by molar-refractivity contribution is -0.139. The standard InChI is InChI=1S/C10H10F3NS/c1-6-5-14-8-4-2-3-7(9(8)15-6)10(11,12)13/h2-4,6,14H,5H2,1H3. The molecule has 1 aromatic carbocycles. The van der Waals surface area contributed by atoms with Crippen LogP contribution in [0.2, 0.25) is 0 Å². The van der Waals surface area contributed by atoms with Crippen molar-refractivity contribution >= 4 is 17.4 Å². The van der Waals surface area contributed by atoms with Gasteiger partial charge in [-0.2, -0.15) is 13.2 Å². The van der Waals surface area contributed by atoms with Crippen molar-refractivity contribution in [3.05, 3.63) is 23.8 Å². The molecule has 0 radical (unpaired) electrons. The smallest absolute Gasteiger partial charge is 0.383 e.